The Morgan fingerprint density at radius 3 is 2.65 bits per heavy atom. The number of hydrogen-bond donors (Lipinski definition) is 2. The van der Waals surface area contributed by atoms with Gasteiger partial charge in [-0.2, -0.15) is 5.10 Å². The van der Waals surface area contributed by atoms with Gasteiger partial charge in [0, 0.05) is 33.4 Å². The zero-order valence-corrected chi connectivity index (χ0v) is 14.9. The third-order valence-corrected chi connectivity index (χ3v) is 3.07. The first kappa shape index (κ1) is 19.4. The number of aryl methyl sites for hydroxylation is 1. The fraction of sp³-hybridized carbons (Fsp3) is 0.800. The summed E-state index contributed by atoms with van der Waals surface area (Å²) >= 11 is 0. The fourth-order valence-electron chi connectivity index (χ4n) is 1.92. The van der Waals surface area contributed by atoms with E-state index in [1.165, 1.54) is 0 Å². The lowest BCUT2D eigenvalue weighted by Crippen LogP contribution is -2.45. The Morgan fingerprint density at radius 1 is 1.43 bits per heavy atom. The molecular formula is C15H29N5O3. The number of nitrogens with zero attached hydrogens (tertiary/aromatic N) is 3. The molecule has 1 amide bonds. The van der Waals surface area contributed by atoms with Crippen LogP contribution >= 0.6 is 0 Å². The van der Waals surface area contributed by atoms with Gasteiger partial charge in [-0.25, -0.2) is 9.78 Å². The predicted octanol–water partition coefficient (Wildman–Crippen LogP) is 1.40. The molecule has 8 heteroatoms. The summed E-state index contributed by atoms with van der Waals surface area (Å²) in [4.78, 5) is 16.1. The van der Waals surface area contributed by atoms with Crippen LogP contribution in [0.4, 0.5) is 4.79 Å². The molecule has 0 spiro atoms. The van der Waals surface area contributed by atoms with E-state index in [9.17, 15) is 4.79 Å². The van der Waals surface area contributed by atoms with Gasteiger partial charge in [0.15, 0.2) is 5.82 Å². The summed E-state index contributed by atoms with van der Waals surface area (Å²) in [6.07, 6.45) is 1.92. The molecule has 0 aliphatic carbocycles. The molecule has 0 fully saturated rings. The van der Waals surface area contributed by atoms with Crippen molar-refractivity contribution >= 4 is 6.09 Å². The van der Waals surface area contributed by atoms with Gasteiger partial charge in [-0.15, -0.1) is 0 Å². The smallest absolute Gasteiger partial charge is 0.407 e. The van der Waals surface area contributed by atoms with Crippen molar-refractivity contribution in [3.63, 3.8) is 0 Å². The summed E-state index contributed by atoms with van der Waals surface area (Å²) in [6, 6.07) is -0.113. The van der Waals surface area contributed by atoms with Crippen molar-refractivity contribution in [3.8, 4) is 0 Å². The number of carbonyl (C=O) groups excluding carboxylic acids is 1. The molecule has 1 aromatic heterocycles. The number of aromatic nitrogens is 3. The molecule has 2 unspecified atom stereocenters. The number of methoxy groups -OCH3 is 1. The molecule has 2 atom stereocenters. The Balaban J connectivity index is 2.51. The average molecular weight is 327 g/mol. The molecule has 0 aliphatic rings. The van der Waals surface area contributed by atoms with Crippen molar-refractivity contribution in [1.82, 2.24) is 25.4 Å². The highest BCUT2D eigenvalue weighted by atomic mass is 16.6. The summed E-state index contributed by atoms with van der Waals surface area (Å²) in [5.41, 5.74) is -0.519. The molecular weight excluding hydrogens is 298 g/mol. The molecule has 0 saturated heterocycles. The van der Waals surface area contributed by atoms with Crippen molar-refractivity contribution in [2.45, 2.75) is 51.8 Å². The third kappa shape index (κ3) is 7.94. The van der Waals surface area contributed by atoms with Gasteiger partial charge < -0.3 is 20.1 Å². The highest BCUT2D eigenvalue weighted by molar-refractivity contribution is 5.68. The minimum absolute atomic E-state index is 0.0123. The van der Waals surface area contributed by atoms with Crippen molar-refractivity contribution in [3.05, 3.63) is 12.2 Å². The molecule has 0 radical (unpaired) electrons. The number of carbonyl (C=O) groups is 1. The van der Waals surface area contributed by atoms with E-state index in [0.29, 0.717) is 19.6 Å². The van der Waals surface area contributed by atoms with E-state index in [-0.39, 0.29) is 12.1 Å². The Hall–Kier alpha value is -1.67. The van der Waals surface area contributed by atoms with Crippen molar-refractivity contribution in [1.29, 1.82) is 0 Å². The highest BCUT2D eigenvalue weighted by Gasteiger charge is 2.20. The Morgan fingerprint density at radius 2 is 2.13 bits per heavy atom. The van der Waals surface area contributed by atoms with Crippen LogP contribution in [0, 0.1) is 0 Å². The minimum atomic E-state index is -0.519. The summed E-state index contributed by atoms with van der Waals surface area (Å²) in [7, 11) is 3.47. The lowest BCUT2D eigenvalue weighted by Gasteiger charge is -2.24. The first-order valence-electron chi connectivity index (χ1n) is 7.78. The number of rotatable bonds is 8. The zero-order valence-electron chi connectivity index (χ0n) is 14.9. The van der Waals surface area contributed by atoms with Crippen LogP contribution in [0.3, 0.4) is 0 Å². The first-order chi connectivity index (χ1) is 10.7. The summed E-state index contributed by atoms with van der Waals surface area (Å²) in [5.74, 6) is 0.718. The van der Waals surface area contributed by atoms with Gasteiger partial charge in [0.05, 0.1) is 6.04 Å². The van der Waals surface area contributed by atoms with E-state index in [4.69, 9.17) is 9.47 Å². The van der Waals surface area contributed by atoms with Gasteiger partial charge in [0.2, 0.25) is 0 Å². The Labute approximate surface area is 137 Å². The maximum absolute atomic E-state index is 11.9. The lowest BCUT2D eigenvalue weighted by atomic mass is 10.2. The zero-order chi connectivity index (χ0) is 17.5. The van der Waals surface area contributed by atoms with Gasteiger partial charge >= 0.3 is 6.09 Å². The molecule has 0 bridgehead atoms. The molecule has 1 aromatic rings. The Bertz CT molecular complexity index is 484. The molecule has 132 valence electrons. The van der Waals surface area contributed by atoms with E-state index in [1.54, 1.807) is 18.1 Å². The van der Waals surface area contributed by atoms with Crippen LogP contribution in [-0.4, -0.2) is 52.8 Å². The maximum Gasteiger partial charge on any atom is 0.407 e. The number of hydrogen-bond acceptors (Lipinski definition) is 6. The second-order valence-corrected chi connectivity index (χ2v) is 6.53. The van der Waals surface area contributed by atoms with Crippen LogP contribution in [0.25, 0.3) is 0 Å². The second-order valence-electron chi connectivity index (χ2n) is 6.53. The fourth-order valence-corrected chi connectivity index (χ4v) is 1.92. The quantitative estimate of drug-likeness (QED) is 0.750. The van der Waals surface area contributed by atoms with Crippen LogP contribution in [0.1, 0.15) is 46.0 Å². The van der Waals surface area contributed by atoms with E-state index in [2.05, 4.69) is 20.7 Å². The van der Waals surface area contributed by atoms with Gasteiger partial charge in [0.1, 0.15) is 11.9 Å². The van der Waals surface area contributed by atoms with E-state index < -0.39 is 11.7 Å². The molecule has 23 heavy (non-hydrogen) atoms. The van der Waals surface area contributed by atoms with E-state index >= 15 is 0 Å². The standard InChI is InChI=1S/C15H29N5O3/c1-11(13-17-10-20(5)19-13)16-9-12(7-8-22-6)18-14(21)23-15(2,3)4/h10-12,16H,7-9H2,1-6H3,(H,18,21). The molecule has 0 saturated carbocycles. The van der Waals surface area contributed by atoms with Crippen LogP contribution in [-0.2, 0) is 16.5 Å². The van der Waals surface area contributed by atoms with Gasteiger partial charge in [-0.1, -0.05) is 0 Å². The molecule has 0 aliphatic heterocycles. The molecule has 8 nitrogen and oxygen atoms in total. The minimum Gasteiger partial charge on any atom is -0.444 e. The Kier molecular flexibility index (Phi) is 7.44. The SMILES string of the molecule is COCCC(CNC(C)c1ncn(C)n1)NC(=O)OC(C)(C)C. The van der Waals surface area contributed by atoms with Crippen LogP contribution in [0.2, 0.25) is 0 Å². The topological polar surface area (TPSA) is 90.3 Å². The van der Waals surface area contributed by atoms with Gasteiger partial charge in [0.25, 0.3) is 0 Å². The van der Waals surface area contributed by atoms with Crippen molar-refractivity contribution in [2.24, 2.45) is 7.05 Å². The van der Waals surface area contributed by atoms with E-state index in [1.807, 2.05) is 34.7 Å². The van der Waals surface area contributed by atoms with E-state index in [0.717, 1.165) is 5.82 Å². The monoisotopic (exact) mass is 327 g/mol. The van der Waals surface area contributed by atoms with Gasteiger partial charge in [-0.3, -0.25) is 4.68 Å². The normalized spacial score (nSPS) is 14.3. The van der Waals surface area contributed by atoms with Gasteiger partial charge in [-0.05, 0) is 34.1 Å². The summed E-state index contributed by atoms with van der Waals surface area (Å²) < 4.78 is 12.1. The van der Waals surface area contributed by atoms with Crippen LogP contribution in [0.15, 0.2) is 6.33 Å². The molecule has 1 heterocycles. The number of ether oxygens (including phenoxy) is 2. The summed E-state index contributed by atoms with van der Waals surface area (Å²) in [6.45, 7) is 8.62. The number of alkyl carbamates (subject to hydrolysis) is 1. The molecule has 2 N–H and O–H groups in total. The van der Waals surface area contributed by atoms with Crippen molar-refractivity contribution in [2.75, 3.05) is 20.3 Å². The summed E-state index contributed by atoms with van der Waals surface area (Å²) in [5, 5.41) is 10.5. The first-order valence-corrected chi connectivity index (χ1v) is 7.78. The predicted molar refractivity (Wildman–Crippen MR) is 87.1 cm³/mol. The average Bonchev–Trinajstić information content (AvgIpc) is 2.86. The van der Waals surface area contributed by atoms with Crippen molar-refractivity contribution < 1.29 is 14.3 Å². The van der Waals surface area contributed by atoms with Crippen LogP contribution < -0.4 is 10.6 Å². The number of amides is 1. The lowest BCUT2D eigenvalue weighted by molar-refractivity contribution is 0.0492. The number of nitrogens with one attached hydrogen (secondary N) is 2. The largest absolute Gasteiger partial charge is 0.444 e. The molecule has 0 aromatic carbocycles. The van der Waals surface area contributed by atoms with Crippen LogP contribution in [0.5, 0.6) is 0 Å². The highest BCUT2D eigenvalue weighted by Crippen LogP contribution is 2.08. The third-order valence-electron chi connectivity index (χ3n) is 3.07. The second kappa shape index (κ2) is 8.83. The maximum atomic E-state index is 11.9. The molecule has 1 rings (SSSR count).